The molecule has 0 aliphatic carbocycles. The number of para-hydroxylation sites is 2. The van der Waals surface area contributed by atoms with Gasteiger partial charge in [-0.05, 0) is 74.8 Å². The van der Waals surface area contributed by atoms with E-state index in [1.54, 1.807) is 0 Å². The SMILES string of the molecule is c1ccc2c(c1)oc1c(N(c3ccc4c(c3)sc3ccccc34)c3ccc4c5ccccc5c5ccccc5c4c3)cccc12. The van der Waals surface area contributed by atoms with Crippen molar-refractivity contribution in [2.45, 2.75) is 0 Å². The lowest BCUT2D eigenvalue weighted by Crippen LogP contribution is -2.10. The number of nitrogens with zero attached hydrogens (tertiary/aromatic N) is 1. The third-order valence-corrected chi connectivity index (χ3v) is 10.4. The average molecular weight is 592 g/mol. The summed E-state index contributed by atoms with van der Waals surface area (Å²) in [4.78, 5) is 2.37. The van der Waals surface area contributed by atoms with Crippen molar-refractivity contribution < 1.29 is 4.42 Å². The number of benzene rings is 8. The highest BCUT2D eigenvalue weighted by Crippen LogP contribution is 2.46. The molecule has 0 aliphatic rings. The van der Waals surface area contributed by atoms with Gasteiger partial charge in [0.1, 0.15) is 5.58 Å². The maximum absolute atomic E-state index is 6.62. The van der Waals surface area contributed by atoms with Gasteiger partial charge >= 0.3 is 0 Å². The van der Waals surface area contributed by atoms with Crippen LogP contribution in [0.4, 0.5) is 17.1 Å². The Morgan fingerprint density at radius 3 is 1.67 bits per heavy atom. The Labute approximate surface area is 263 Å². The summed E-state index contributed by atoms with van der Waals surface area (Å²) < 4.78 is 9.20. The first kappa shape index (κ1) is 24.8. The van der Waals surface area contributed by atoms with Crippen molar-refractivity contribution in [2.24, 2.45) is 0 Å². The fourth-order valence-electron chi connectivity index (χ4n) is 7.22. The molecule has 0 amide bonds. The van der Waals surface area contributed by atoms with Crippen LogP contribution < -0.4 is 4.90 Å². The molecule has 0 saturated heterocycles. The first-order chi connectivity index (χ1) is 22.3. The van der Waals surface area contributed by atoms with Crippen LogP contribution in [0.2, 0.25) is 0 Å². The van der Waals surface area contributed by atoms with Gasteiger partial charge in [0.2, 0.25) is 0 Å². The minimum absolute atomic E-state index is 0.888. The lowest BCUT2D eigenvalue weighted by atomic mass is 9.94. The van der Waals surface area contributed by atoms with Gasteiger partial charge in [-0.1, -0.05) is 109 Å². The first-order valence-corrected chi connectivity index (χ1v) is 16.1. The van der Waals surface area contributed by atoms with Crippen molar-refractivity contribution in [3.8, 4) is 0 Å². The first-order valence-electron chi connectivity index (χ1n) is 15.3. The van der Waals surface area contributed by atoms with Crippen LogP contribution in [0.15, 0.2) is 156 Å². The molecule has 3 heteroatoms. The topological polar surface area (TPSA) is 16.4 Å². The molecule has 10 aromatic rings. The third kappa shape index (κ3) is 3.62. The molecule has 2 heterocycles. The summed E-state index contributed by atoms with van der Waals surface area (Å²) >= 11 is 1.85. The highest BCUT2D eigenvalue weighted by Gasteiger charge is 2.21. The van der Waals surface area contributed by atoms with Crippen LogP contribution in [0.5, 0.6) is 0 Å². The zero-order valence-electron chi connectivity index (χ0n) is 24.2. The van der Waals surface area contributed by atoms with Crippen LogP contribution in [-0.2, 0) is 0 Å². The van der Waals surface area contributed by atoms with E-state index in [9.17, 15) is 0 Å². The predicted octanol–water partition coefficient (Wildman–Crippen LogP) is 12.9. The van der Waals surface area contributed by atoms with Gasteiger partial charge in [-0.25, -0.2) is 0 Å². The van der Waals surface area contributed by atoms with E-state index in [2.05, 4.69) is 150 Å². The van der Waals surface area contributed by atoms with E-state index in [1.165, 1.54) is 52.5 Å². The molecular weight excluding hydrogens is 567 g/mol. The van der Waals surface area contributed by atoms with E-state index in [-0.39, 0.29) is 0 Å². The van der Waals surface area contributed by atoms with E-state index in [0.29, 0.717) is 0 Å². The molecule has 0 atom stereocenters. The van der Waals surface area contributed by atoms with E-state index >= 15 is 0 Å². The Morgan fingerprint density at radius 1 is 0.378 bits per heavy atom. The van der Waals surface area contributed by atoms with Crippen LogP contribution in [0.25, 0.3) is 74.4 Å². The van der Waals surface area contributed by atoms with Crippen LogP contribution in [-0.4, -0.2) is 0 Å². The Bertz CT molecular complexity index is 2750. The minimum atomic E-state index is 0.888. The summed E-state index contributed by atoms with van der Waals surface area (Å²) in [5.74, 6) is 0. The van der Waals surface area contributed by atoms with E-state index < -0.39 is 0 Å². The van der Waals surface area contributed by atoms with Gasteiger partial charge < -0.3 is 9.32 Å². The number of hydrogen-bond donors (Lipinski definition) is 0. The minimum Gasteiger partial charge on any atom is -0.454 e. The van der Waals surface area contributed by atoms with Crippen LogP contribution >= 0.6 is 11.3 Å². The van der Waals surface area contributed by atoms with E-state index in [4.69, 9.17) is 4.42 Å². The molecule has 0 unspecified atom stereocenters. The molecule has 0 fully saturated rings. The number of thiophene rings is 1. The summed E-state index contributed by atoms with van der Waals surface area (Å²) in [6.45, 7) is 0. The molecule has 0 spiro atoms. The zero-order valence-corrected chi connectivity index (χ0v) is 25.0. The summed E-state index contributed by atoms with van der Waals surface area (Å²) in [6, 6.07) is 54.8. The summed E-state index contributed by atoms with van der Waals surface area (Å²) in [5.41, 5.74) is 5.01. The summed E-state index contributed by atoms with van der Waals surface area (Å²) in [7, 11) is 0. The second-order valence-corrected chi connectivity index (χ2v) is 12.8. The molecular formula is C42H25NOS. The van der Waals surface area contributed by atoms with Gasteiger partial charge in [0.25, 0.3) is 0 Å². The molecule has 210 valence electrons. The Hall–Kier alpha value is -5.64. The highest BCUT2D eigenvalue weighted by atomic mass is 32.1. The molecule has 2 aromatic heterocycles. The highest BCUT2D eigenvalue weighted by molar-refractivity contribution is 7.25. The number of fused-ring (bicyclic) bond motifs is 12. The molecule has 0 N–H and O–H groups in total. The van der Waals surface area contributed by atoms with Crippen molar-refractivity contribution in [2.75, 3.05) is 4.90 Å². The zero-order chi connectivity index (χ0) is 29.5. The lowest BCUT2D eigenvalue weighted by Gasteiger charge is -2.26. The molecule has 0 radical (unpaired) electrons. The monoisotopic (exact) mass is 591 g/mol. The molecule has 45 heavy (non-hydrogen) atoms. The fourth-order valence-corrected chi connectivity index (χ4v) is 8.36. The smallest absolute Gasteiger partial charge is 0.159 e. The van der Waals surface area contributed by atoms with Crippen molar-refractivity contribution in [1.29, 1.82) is 0 Å². The Balaban J connectivity index is 1.29. The standard InChI is InChI=1S/C42H25NOS/c1-2-12-30-28(10-1)29-11-3-4-13-31(29)37-24-26(20-22-32(30)37)43(27-21-23-35-34-15-6-8-19-40(34)45-41(35)25-27)38-17-9-16-36-33-14-5-7-18-39(33)44-42(36)38/h1-25H. The molecule has 0 saturated carbocycles. The number of hydrogen-bond acceptors (Lipinski definition) is 3. The van der Waals surface area contributed by atoms with Gasteiger partial charge in [-0.3, -0.25) is 0 Å². The number of anilines is 3. The van der Waals surface area contributed by atoms with Gasteiger partial charge in [0, 0.05) is 42.3 Å². The van der Waals surface area contributed by atoms with Crippen molar-refractivity contribution >= 4 is 103 Å². The van der Waals surface area contributed by atoms with Gasteiger partial charge in [0.15, 0.2) is 5.58 Å². The van der Waals surface area contributed by atoms with Crippen LogP contribution in [0.3, 0.4) is 0 Å². The second-order valence-electron chi connectivity index (χ2n) is 11.7. The maximum Gasteiger partial charge on any atom is 0.159 e. The van der Waals surface area contributed by atoms with Crippen LogP contribution in [0.1, 0.15) is 0 Å². The largest absolute Gasteiger partial charge is 0.454 e. The maximum atomic E-state index is 6.62. The van der Waals surface area contributed by atoms with Crippen LogP contribution in [0, 0.1) is 0 Å². The molecule has 0 aliphatic heterocycles. The lowest BCUT2D eigenvalue weighted by molar-refractivity contribution is 0.669. The predicted molar refractivity (Wildman–Crippen MR) is 194 cm³/mol. The fraction of sp³-hybridized carbons (Fsp3) is 0. The second kappa shape index (κ2) is 9.43. The van der Waals surface area contributed by atoms with Gasteiger partial charge in [-0.15, -0.1) is 11.3 Å². The Kier molecular flexibility index (Phi) is 5.19. The summed E-state index contributed by atoms with van der Waals surface area (Å²) in [6.07, 6.45) is 0. The molecule has 0 bridgehead atoms. The molecule has 10 rings (SSSR count). The van der Waals surface area contributed by atoms with E-state index in [0.717, 1.165) is 39.0 Å². The third-order valence-electron chi connectivity index (χ3n) is 9.23. The van der Waals surface area contributed by atoms with E-state index in [1.807, 2.05) is 17.4 Å². The Morgan fingerprint density at radius 2 is 0.911 bits per heavy atom. The number of furan rings is 1. The molecule has 2 nitrogen and oxygen atoms in total. The van der Waals surface area contributed by atoms with Gasteiger partial charge in [0.05, 0.1) is 5.69 Å². The molecule has 8 aromatic carbocycles. The number of rotatable bonds is 3. The average Bonchev–Trinajstić information content (AvgIpc) is 3.67. The summed E-state index contributed by atoms with van der Waals surface area (Å²) in [5, 5.41) is 12.4. The van der Waals surface area contributed by atoms with Gasteiger partial charge in [-0.2, -0.15) is 0 Å². The van der Waals surface area contributed by atoms with Crippen molar-refractivity contribution in [3.63, 3.8) is 0 Å². The van der Waals surface area contributed by atoms with Crippen molar-refractivity contribution in [1.82, 2.24) is 0 Å². The quantitative estimate of drug-likeness (QED) is 0.190. The van der Waals surface area contributed by atoms with Crippen molar-refractivity contribution in [3.05, 3.63) is 152 Å². The normalized spacial score (nSPS) is 12.0.